The molecule has 0 spiro atoms. The molecule has 1 atom stereocenters. The molecule has 0 saturated heterocycles. The molecule has 1 aliphatic carbocycles. The van der Waals surface area contributed by atoms with Gasteiger partial charge in [-0.25, -0.2) is 0 Å². The number of carbonyl (C=O) groups excluding carboxylic acids is 2. The molecule has 4 nitrogen and oxygen atoms in total. The van der Waals surface area contributed by atoms with Crippen molar-refractivity contribution in [3.05, 3.63) is 0 Å². The summed E-state index contributed by atoms with van der Waals surface area (Å²) < 4.78 is 10.1. The Labute approximate surface area is 103 Å². The van der Waals surface area contributed by atoms with Gasteiger partial charge in [0.25, 0.3) is 0 Å². The van der Waals surface area contributed by atoms with Crippen LogP contribution in [0, 0.1) is 17.8 Å². The molecule has 17 heavy (non-hydrogen) atoms. The maximum Gasteiger partial charge on any atom is 0.316 e. The molecule has 0 aromatic heterocycles. The van der Waals surface area contributed by atoms with E-state index in [2.05, 4.69) is 0 Å². The van der Waals surface area contributed by atoms with Gasteiger partial charge < -0.3 is 14.3 Å². The maximum absolute atomic E-state index is 11.6. The van der Waals surface area contributed by atoms with Gasteiger partial charge in [-0.15, -0.1) is 0 Å². The van der Waals surface area contributed by atoms with Crippen LogP contribution in [0.5, 0.6) is 0 Å². The van der Waals surface area contributed by atoms with E-state index in [1.54, 1.807) is 14.0 Å². The van der Waals surface area contributed by atoms with Crippen LogP contribution >= 0.6 is 0 Å². The van der Waals surface area contributed by atoms with Crippen LogP contribution in [-0.2, 0) is 19.1 Å². The van der Waals surface area contributed by atoms with Crippen molar-refractivity contribution in [2.45, 2.75) is 32.6 Å². The normalized spacial score (nSPS) is 26.2. The zero-order chi connectivity index (χ0) is 12.7. The first-order valence-electron chi connectivity index (χ1n) is 6.33. The van der Waals surface area contributed by atoms with Crippen LogP contribution in [0.2, 0.25) is 0 Å². The molecule has 0 aromatic rings. The number of methoxy groups -OCH3 is 1. The second kappa shape index (κ2) is 7.43. The Morgan fingerprint density at radius 2 is 2.00 bits per heavy atom. The molecular weight excluding hydrogens is 220 g/mol. The van der Waals surface area contributed by atoms with Gasteiger partial charge in [-0.3, -0.25) is 4.79 Å². The van der Waals surface area contributed by atoms with Gasteiger partial charge in [0.2, 0.25) is 0 Å². The van der Waals surface area contributed by atoms with E-state index in [0.717, 1.165) is 38.6 Å². The van der Waals surface area contributed by atoms with Gasteiger partial charge in [-0.2, -0.15) is 0 Å². The zero-order valence-corrected chi connectivity index (χ0v) is 10.7. The molecule has 1 fully saturated rings. The first kappa shape index (κ1) is 14.2. The van der Waals surface area contributed by atoms with E-state index in [-0.39, 0.29) is 11.9 Å². The standard InChI is InChI=1S/C13H22O4/c1-3-17-13(15)12(8-14)11-6-4-10(5-7-11)9-16-2/h8,10-12H,3-7,9H2,1-2H3. The molecule has 1 rings (SSSR count). The Balaban J connectivity index is 2.44. The van der Waals surface area contributed by atoms with Crippen LogP contribution < -0.4 is 0 Å². The van der Waals surface area contributed by atoms with Crippen molar-refractivity contribution in [3.8, 4) is 0 Å². The van der Waals surface area contributed by atoms with Crippen LogP contribution in [0.25, 0.3) is 0 Å². The lowest BCUT2D eigenvalue weighted by Crippen LogP contribution is -2.31. The summed E-state index contributed by atoms with van der Waals surface area (Å²) in [6.07, 6.45) is 4.64. The SMILES string of the molecule is CCOC(=O)C(C=O)C1CCC(COC)CC1. The van der Waals surface area contributed by atoms with E-state index in [0.29, 0.717) is 12.5 Å². The molecule has 0 radical (unpaired) electrons. The van der Waals surface area contributed by atoms with Crippen molar-refractivity contribution in [1.29, 1.82) is 0 Å². The summed E-state index contributed by atoms with van der Waals surface area (Å²) >= 11 is 0. The van der Waals surface area contributed by atoms with E-state index in [9.17, 15) is 9.59 Å². The average molecular weight is 242 g/mol. The summed E-state index contributed by atoms with van der Waals surface area (Å²) in [4.78, 5) is 22.6. The van der Waals surface area contributed by atoms with E-state index in [1.807, 2.05) is 0 Å². The van der Waals surface area contributed by atoms with Crippen molar-refractivity contribution in [3.63, 3.8) is 0 Å². The van der Waals surface area contributed by atoms with Crippen LogP contribution in [0.1, 0.15) is 32.6 Å². The van der Waals surface area contributed by atoms with Gasteiger partial charge in [0, 0.05) is 13.7 Å². The predicted molar refractivity (Wildman–Crippen MR) is 63.5 cm³/mol. The highest BCUT2D eigenvalue weighted by Gasteiger charge is 2.32. The van der Waals surface area contributed by atoms with Gasteiger partial charge in [0.05, 0.1) is 6.61 Å². The molecule has 1 unspecified atom stereocenters. The topological polar surface area (TPSA) is 52.6 Å². The largest absolute Gasteiger partial charge is 0.465 e. The van der Waals surface area contributed by atoms with E-state index >= 15 is 0 Å². The molecule has 0 aliphatic heterocycles. The minimum Gasteiger partial charge on any atom is -0.465 e. The third-order valence-electron chi connectivity index (χ3n) is 3.51. The second-order valence-corrected chi connectivity index (χ2v) is 4.65. The highest BCUT2D eigenvalue weighted by molar-refractivity contribution is 5.88. The number of aldehydes is 1. The summed E-state index contributed by atoms with van der Waals surface area (Å²) in [5, 5.41) is 0. The number of ether oxygens (including phenoxy) is 2. The lowest BCUT2D eigenvalue weighted by atomic mass is 9.76. The smallest absolute Gasteiger partial charge is 0.316 e. The molecule has 1 aliphatic rings. The molecular formula is C13H22O4. The van der Waals surface area contributed by atoms with Crippen molar-refractivity contribution in [2.75, 3.05) is 20.3 Å². The van der Waals surface area contributed by atoms with Gasteiger partial charge in [0.1, 0.15) is 12.2 Å². The van der Waals surface area contributed by atoms with Gasteiger partial charge in [-0.05, 0) is 44.4 Å². The molecule has 4 heteroatoms. The maximum atomic E-state index is 11.6. The molecule has 0 N–H and O–H groups in total. The summed E-state index contributed by atoms with van der Waals surface area (Å²) in [6.45, 7) is 2.87. The molecule has 0 bridgehead atoms. The summed E-state index contributed by atoms with van der Waals surface area (Å²) in [7, 11) is 1.71. The van der Waals surface area contributed by atoms with Gasteiger partial charge in [-0.1, -0.05) is 0 Å². The highest BCUT2D eigenvalue weighted by Crippen LogP contribution is 2.33. The Bertz CT molecular complexity index is 244. The number of rotatable bonds is 6. The summed E-state index contributed by atoms with van der Waals surface area (Å²) in [6, 6.07) is 0. The lowest BCUT2D eigenvalue weighted by Gasteiger charge is -2.30. The van der Waals surface area contributed by atoms with Crippen LogP contribution in [0.3, 0.4) is 0 Å². The number of hydrogen-bond acceptors (Lipinski definition) is 4. The van der Waals surface area contributed by atoms with Crippen molar-refractivity contribution in [2.24, 2.45) is 17.8 Å². The van der Waals surface area contributed by atoms with Crippen molar-refractivity contribution in [1.82, 2.24) is 0 Å². The van der Waals surface area contributed by atoms with Crippen LogP contribution in [0.4, 0.5) is 0 Å². The lowest BCUT2D eigenvalue weighted by molar-refractivity contribution is -0.152. The monoisotopic (exact) mass is 242 g/mol. The van der Waals surface area contributed by atoms with Crippen molar-refractivity contribution >= 4 is 12.3 Å². The highest BCUT2D eigenvalue weighted by atomic mass is 16.5. The van der Waals surface area contributed by atoms with Gasteiger partial charge >= 0.3 is 5.97 Å². The fraction of sp³-hybridized carbons (Fsp3) is 0.846. The quantitative estimate of drug-likeness (QED) is 0.405. The number of hydrogen-bond donors (Lipinski definition) is 0. The Hall–Kier alpha value is -0.900. The molecule has 1 saturated carbocycles. The Morgan fingerprint density at radius 3 is 2.47 bits per heavy atom. The predicted octanol–water partition coefficient (Wildman–Crippen LogP) is 1.82. The molecule has 0 aromatic carbocycles. The van der Waals surface area contributed by atoms with Crippen LogP contribution in [0.15, 0.2) is 0 Å². The first-order chi connectivity index (χ1) is 8.22. The third kappa shape index (κ3) is 4.11. The Morgan fingerprint density at radius 1 is 1.35 bits per heavy atom. The van der Waals surface area contributed by atoms with Gasteiger partial charge in [0.15, 0.2) is 0 Å². The number of esters is 1. The fourth-order valence-corrected chi connectivity index (χ4v) is 2.55. The number of carbonyl (C=O) groups is 2. The third-order valence-corrected chi connectivity index (χ3v) is 3.51. The first-order valence-corrected chi connectivity index (χ1v) is 6.33. The fourth-order valence-electron chi connectivity index (χ4n) is 2.55. The average Bonchev–Trinajstić information content (AvgIpc) is 2.33. The van der Waals surface area contributed by atoms with E-state index in [1.165, 1.54) is 0 Å². The van der Waals surface area contributed by atoms with E-state index < -0.39 is 5.92 Å². The van der Waals surface area contributed by atoms with Crippen LogP contribution in [-0.4, -0.2) is 32.6 Å². The minimum atomic E-state index is -0.571. The minimum absolute atomic E-state index is 0.152. The molecule has 98 valence electrons. The Kier molecular flexibility index (Phi) is 6.19. The van der Waals surface area contributed by atoms with E-state index in [4.69, 9.17) is 9.47 Å². The summed E-state index contributed by atoms with van der Waals surface area (Å²) in [5.41, 5.74) is 0. The summed E-state index contributed by atoms with van der Waals surface area (Å²) in [5.74, 6) is -0.207. The molecule has 0 amide bonds. The molecule has 0 heterocycles. The zero-order valence-electron chi connectivity index (χ0n) is 10.7. The second-order valence-electron chi connectivity index (χ2n) is 4.65. The van der Waals surface area contributed by atoms with Crippen molar-refractivity contribution < 1.29 is 19.1 Å².